The van der Waals surface area contributed by atoms with Gasteiger partial charge in [-0.15, -0.1) is 0 Å². The van der Waals surface area contributed by atoms with Crippen LogP contribution >= 0.6 is 0 Å². The van der Waals surface area contributed by atoms with E-state index in [2.05, 4.69) is 53.4 Å². The summed E-state index contributed by atoms with van der Waals surface area (Å²) in [6.45, 7) is 4.80. The number of hydrogen-bond acceptors (Lipinski definition) is 6. The van der Waals surface area contributed by atoms with Crippen molar-refractivity contribution in [3.63, 3.8) is 0 Å². The fourth-order valence-corrected chi connectivity index (χ4v) is 4.44. The van der Waals surface area contributed by atoms with Gasteiger partial charge >= 0.3 is 0 Å². The SMILES string of the molecule is CCOC1OC(CN(Cc2ccccc2)Cc2ccccc2)C(OCc2cccc(OC)c2)C1O. The van der Waals surface area contributed by atoms with Crippen LogP contribution in [-0.2, 0) is 33.9 Å². The summed E-state index contributed by atoms with van der Waals surface area (Å²) in [5, 5.41) is 11.0. The van der Waals surface area contributed by atoms with Crippen molar-refractivity contribution in [3.05, 3.63) is 102 Å². The number of aliphatic hydroxyl groups is 1. The Hall–Kier alpha value is -2.74. The Morgan fingerprint density at radius 3 is 2.06 bits per heavy atom. The molecule has 1 aliphatic heterocycles. The highest BCUT2D eigenvalue weighted by Gasteiger charge is 2.45. The smallest absolute Gasteiger partial charge is 0.186 e. The number of rotatable bonds is 12. The molecule has 35 heavy (non-hydrogen) atoms. The third kappa shape index (κ3) is 7.13. The van der Waals surface area contributed by atoms with Gasteiger partial charge < -0.3 is 24.1 Å². The maximum Gasteiger partial charge on any atom is 0.186 e. The van der Waals surface area contributed by atoms with E-state index in [0.717, 1.165) is 24.4 Å². The van der Waals surface area contributed by atoms with E-state index in [1.54, 1.807) is 7.11 Å². The van der Waals surface area contributed by atoms with Crippen LogP contribution < -0.4 is 4.74 Å². The van der Waals surface area contributed by atoms with Crippen LogP contribution in [0.5, 0.6) is 5.75 Å². The van der Waals surface area contributed by atoms with E-state index < -0.39 is 18.5 Å². The molecule has 0 aromatic heterocycles. The van der Waals surface area contributed by atoms with Crippen LogP contribution in [0.3, 0.4) is 0 Å². The molecule has 6 nitrogen and oxygen atoms in total. The highest BCUT2D eigenvalue weighted by molar-refractivity contribution is 5.28. The molecule has 0 radical (unpaired) electrons. The standard InChI is InChI=1S/C29H35NO5/c1-3-33-29-27(31)28(34-21-24-15-10-16-25(17-24)32-2)26(35-29)20-30(18-22-11-6-4-7-12-22)19-23-13-8-5-9-14-23/h4-17,26-29,31H,3,18-21H2,1-2H3. The molecule has 1 saturated heterocycles. The van der Waals surface area contributed by atoms with Crippen LogP contribution in [0.15, 0.2) is 84.9 Å². The Morgan fingerprint density at radius 1 is 0.829 bits per heavy atom. The molecule has 0 spiro atoms. The third-order valence-electron chi connectivity index (χ3n) is 6.13. The second-order valence-electron chi connectivity index (χ2n) is 8.76. The lowest BCUT2D eigenvalue weighted by atomic mass is 10.1. The largest absolute Gasteiger partial charge is 0.497 e. The summed E-state index contributed by atoms with van der Waals surface area (Å²) >= 11 is 0. The molecule has 0 aliphatic carbocycles. The highest BCUT2D eigenvalue weighted by atomic mass is 16.7. The second-order valence-corrected chi connectivity index (χ2v) is 8.76. The molecule has 3 aromatic carbocycles. The van der Waals surface area contributed by atoms with E-state index in [1.165, 1.54) is 11.1 Å². The molecular weight excluding hydrogens is 442 g/mol. The van der Waals surface area contributed by atoms with Gasteiger partial charge in [-0.2, -0.15) is 0 Å². The van der Waals surface area contributed by atoms with Crippen molar-refractivity contribution in [2.24, 2.45) is 0 Å². The summed E-state index contributed by atoms with van der Waals surface area (Å²) in [6, 6.07) is 28.5. The lowest BCUT2D eigenvalue weighted by molar-refractivity contribution is -0.164. The van der Waals surface area contributed by atoms with Gasteiger partial charge in [0.1, 0.15) is 24.1 Å². The molecule has 1 N–H and O–H groups in total. The average Bonchev–Trinajstić information content (AvgIpc) is 3.17. The molecule has 0 bridgehead atoms. The van der Waals surface area contributed by atoms with Gasteiger partial charge in [-0.3, -0.25) is 4.90 Å². The van der Waals surface area contributed by atoms with Crippen molar-refractivity contribution in [1.82, 2.24) is 4.90 Å². The molecule has 4 atom stereocenters. The first-order valence-electron chi connectivity index (χ1n) is 12.2. The van der Waals surface area contributed by atoms with Crippen LogP contribution in [0.2, 0.25) is 0 Å². The van der Waals surface area contributed by atoms with E-state index in [-0.39, 0.29) is 6.10 Å². The Balaban J connectivity index is 1.50. The second kappa shape index (κ2) is 12.8. The Bertz CT molecular complexity index is 974. The molecule has 3 aromatic rings. The van der Waals surface area contributed by atoms with Crippen LogP contribution in [0.4, 0.5) is 0 Å². The summed E-state index contributed by atoms with van der Waals surface area (Å²) in [7, 11) is 1.64. The molecule has 1 fully saturated rings. The maximum absolute atomic E-state index is 11.0. The molecule has 0 amide bonds. The van der Waals surface area contributed by atoms with E-state index in [4.69, 9.17) is 18.9 Å². The average molecular weight is 478 g/mol. The summed E-state index contributed by atoms with van der Waals surface area (Å²) in [6.07, 6.45) is -2.46. The highest BCUT2D eigenvalue weighted by Crippen LogP contribution is 2.28. The zero-order valence-corrected chi connectivity index (χ0v) is 20.5. The van der Waals surface area contributed by atoms with Crippen LogP contribution in [0, 0.1) is 0 Å². The third-order valence-corrected chi connectivity index (χ3v) is 6.13. The maximum atomic E-state index is 11.0. The van der Waals surface area contributed by atoms with Gasteiger partial charge in [0, 0.05) is 26.2 Å². The number of benzene rings is 3. The van der Waals surface area contributed by atoms with Gasteiger partial charge in [0.15, 0.2) is 6.29 Å². The fraction of sp³-hybridized carbons (Fsp3) is 0.379. The number of ether oxygens (including phenoxy) is 4. The molecular formula is C29H35NO5. The normalized spacial score (nSPS) is 21.9. The predicted octanol–water partition coefficient (Wildman–Crippen LogP) is 4.41. The molecule has 6 heteroatoms. The van der Waals surface area contributed by atoms with Gasteiger partial charge in [0.2, 0.25) is 0 Å². The van der Waals surface area contributed by atoms with Crippen molar-refractivity contribution < 1.29 is 24.1 Å². The van der Waals surface area contributed by atoms with Crippen LogP contribution in [0.1, 0.15) is 23.6 Å². The molecule has 4 rings (SSSR count). The summed E-state index contributed by atoms with van der Waals surface area (Å²) < 4.78 is 23.5. The van der Waals surface area contributed by atoms with E-state index >= 15 is 0 Å². The van der Waals surface area contributed by atoms with Crippen molar-refractivity contribution in [1.29, 1.82) is 0 Å². The molecule has 186 valence electrons. The lowest BCUT2D eigenvalue weighted by Gasteiger charge is -2.28. The Kier molecular flexibility index (Phi) is 9.28. The summed E-state index contributed by atoms with van der Waals surface area (Å²) in [4.78, 5) is 2.33. The summed E-state index contributed by atoms with van der Waals surface area (Å²) in [5.74, 6) is 0.773. The van der Waals surface area contributed by atoms with Gasteiger partial charge in [-0.05, 0) is 35.7 Å². The quantitative estimate of drug-likeness (QED) is 0.417. The molecule has 1 heterocycles. The minimum atomic E-state index is -0.874. The van der Waals surface area contributed by atoms with Gasteiger partial charge in [-0.25, -0.2) is 0 Å². The number of hydrogen-bond donors (Lipinski definition) is 1. The number of methoxy groups -OCH3 is 1. The minimum Gasteiger partial charge on any atom is -0.497 e. The van der Waals surface area contributed by atoms with Gasteiger partial charge in [-0.1, -0.05) is 72.8 Å². The Labute approximate surface area is 208 Å². The topological polar surface area (TPSA) is 60.4 Å². The molecule has 1 aliphatic rings. The van der Waals surface area contributed by atoms with Gasteiger partial charge in [0.05, 0.1) is 13.7 Å². The van der Waals surface area contributed by atoms with Crippen LogP contribution in [0.25, 0.3) is 0 Å². The predicted molar refractivity (Wildman–Crippen MR) is 135 cm³/mol. The minimum absolute atomic E-state index is 0.342. The van der Waals surface area contributed by atoms with Crippen molar-refractivity contribution >= 4 is 0 Å². The first-order chi connectivity index (χ1) is 17.2. The first-order valence-corrected chi connectivity index (χ1v) is 12.2. The van der Waals surface area contributed by atoms with Crippen molar-refractivity contribution in [2.75, 3.05) is 20.3 Å². The molecule has 0 saturated carbocycles. The van der Waals surface area contributed by atoms with E-state index in [9.17, 15) is 5.11 Å². The van der Waals surface area contributed by atoms with E-state index in [0.29, 0.717) is 19.8 Å². The van der Waals surface area contributed by atoms with Crippen molar-refractivity contribution in [3.8, 4) is 5.75 Å². The lowest BCUT2D eigenvalue weighted by Crippen LogP contribution is -2.41. The number of nitrogens with zero attached hydrogens (tertiary/aromatic N) is 1. The zero-order valence-electron chi connectivity index (χ0n) is 20.5. The van der Waals surface area contributed by atoms with Crippen LogP contribution in [-0.4, -0.2) is 54.9 Å². The summed E-state index contributed by atoms with van der Waals surface area (Å²) in [5.41, 5.74) is 3.41. The van der Waals surface area contributed by atoms with Crippen molar-refractivity contribution in [2.45, 2.75) is 51.2 Å². The fourth-order valence-electron chi connectivity index (χ4n) is 4.44. The van der Waals surface area contributed by atoms with Gasteiger partial charge in [0.25, 0.3) is 0 Å². The zero-order chi connectivity index (χ0) is 24.5. The number of aliphatic hydroxyl groups excluding tert-OH is 1. The molecule has 4 unspecified atom stereocenters. The Morgan fingerprint density at radius 2 is 1.46 bits per heavy atom. The first kappa shape index (κ1) is 25.4. The van der Waals surface area contributed by atoms with E-state index in [1.807, 2.05) is 43.3 Å². The monoisotopic (exact) mass is 477 g/mol.